The molecular weight excluding hydrogens is 102 g/mol. The van der Waals surface area contributed by atoms with Crippen molar-refractivity contribution in [2.24, 2.45) is 0 Å². The van der Waals surface area contributed by atoms with Gasteiger partial charge in [0, 0.05) is 6.54 Å². The minimum absolute atomic E-state index is 0.664. The molecule has 1 aliphatic heterocycles. The van der Waals surface area contributed by atoms with E-state index in [1.54, 1.807) is 0 Å². The third kappa shape index (κ3) is 0.713. The van der Waals surface area contributed by atoms with Gasteiger partial charge < -0.3 is 10.3 Å². The Labute approximate surface area is 49.4 Å². The highest BCUT2D eigenvalue weighted by molar-refractivity contribution is 5.14. The van der Waals surface area contributed by atoms with Gasteiger partial charge in [-0.25, -0.2) is 0 Å². The lowest BCUT2D eigenvalue weighted by molar-refractivity contribution is 0.514. The largest absolute Gasteiger partial charge is 0.759 e. The second-order valence-corrected chi connectivity index (χ2v) is 2.22. The molecule has 46 valence electrons. The van der Waals surface area contributed by atoms with Gasteiger partial charge in [0.2, 0.25) is 0 Å². The van der Waals surface area contributed by atoms with Crippen molar-refractivity contribution in [1.29, 1.82) is 0 Å². The van der Waals surface area contributed by atoms with Crippen molar-refractivity contribution >= 4 is 0 Å². The summed E-state index contributed by atoms with van der Waals surface area (Å²) in [4.78, 5) is 0. The average Bonchev–Trinajstić information content (AvgIpc) is 1.98. The molecular formula is C6H10NO-. The van der Waals surface area contributed by atoms with Gasteiger partial charge in [0.15, 0.2) is 0 Å². The molecule has 0 aromatic carbocycles. The van der Waals surface area contributed by atoms with E-state index in [2.05, 4.69) is 0 Å². The molecule has 2 nitrogen and oxygen atoms in total. The molecule has 0 radical (unpaired) electrons. The minimum Gasteiger partial charge on any atom is -0.759 e. The third-order valence-corrected chi connectivity index (χ3v) is 1.68. The van der Waals surface area contributed by atoms with Crippen LogP contribution in [0.4, 0.5) is 0 Å². The van der Waals surface area contributed by atoms with Gasteiger partial charge in [-0.3, -0.25) is 0 Å². The first-order chi connectivity index (χ1) is 3.72. The summed E-state index contributed by atoms with van der Waals surface area (Å²) >= 11 is 0. The number of hydrogen-bond acceptors (Lipinski definition) is 2. The van der Waals surface area contributed by atoms with E-state index >= 15 is 0 Å². The van der Waals surface area contributed by atoms with E-state index < -0.39 is 0 Å². The van der Waals surface area contributed by atoms with Gasteiger partial charge in [-0.2, -0.15) is 0 Å². The molecule has 0 atom stereocenters. The predicted molar refractivity (Wildman–Crippen MR) is 33.1 cm³/mol. The Balaban J connectivity index is 2.71. The highest BCUT2D eigenvalue weighted by Gasteiger charge is 2.05. The lowest BCUT2D eigenvalue weighted by Gasteiger charge is -2.25. The zero-order chi connectivity index (χ0) is 6.15. The summed E-state index contributed by atoms with van der Waals surface area (Å²) in [7, 11) is 0. The molecule has 8 heavy (non-hydrogen) atoms. The van der Waals surface area contributed by atoms with Crippen molar-refractivity contribution in [3.63, 3.8) is 0 Å². The van der Waals surface area contributed by atoms with Crippen LogP contribution in [0.1, 0.15) is 20.3 Å². The summed E-state index contributed by atoms with van der Waals surface area (Å²) in [5.74, 6) is 0. The standard InChI is InChI=1S/C6H10NO/c1-5-3-4-7(8)6(5)2/h3-4H2,1-2H3/q-1. The first-order valence-corrected chi connectivity index (χ1v) is 2.83. The number of rotatable bonds is 0. The van der Waals surface area contributed by atoms with Crippen LogP contribution in [0.5, 0.6) is 0 Å². The summed E-state index contributed by atoms with van der Waals surface area (Å²) in [6.45, 7) is 4.54. The van der Waals surface area contributed by atoms with Gasteiger partial charge in [0.1, 0.15) is 0 Å². The fourth-order valence-corrected chi connectivity index (χ4v) is 0.831. The zero-order valence-electron chi connectivity index (χ0n) is 5.27. The van der Waals surface area contributed by atoms with E-state index in [1.165, 1.54) is 5.57 Å². The Hall–Kier alpha value is -0.500. The molecule has 0 N–H and O–H groups in total. The number of allylic oxidation sites excluding steroid dienone is 1. The fourth-order valence-electron chi connectivity index (χ4n) is 0.831. The molecule has 0 amide bonds. The van der Waals surface area contributed by atoms with Gasteiger partial charge in [-0.15, -0.1) is 0 Å². The molecule has 0 saturated carbocycles. The van der Waals surface area contributed by atoms with Crippen LogP contribution >= 0.6 is 0 Å². The van der Waals surface area contributed by atoms with Gasteiger partial charge in [0.05, 0.1) is 0 Å². The van der Waals surface area contributed by atoms with Gasteiger partial charge >= 0.3 is 0 Å². The van der Waals surface area contributed by atoms with E-state index in [1.807, 2.05) is 13.8 Å². The lowest BCUT2D eigenvalue weighted by atomic mass is 10.2. The van der Waals surface area contributed by atoms with Crippen LogP contribution in [0.15, 0.2) is 11.3 Å². The van der Waals surface area contributed by atoms with E-state index in [-0.39, 0.29) is 0 Å². The van der Waals surface area contributed by atoms with Crippen molar-refractivity contribution in [2.75, 3.05) is 6.54 Å². The Kier molecular flexibility index (Phi) is 1.26. The molecule has 0 fully saturated rings. The van der Waals surface area contributed by atoms with E-state index in [0.717, 1.165) is 17.2 Å². The fraction of sp³-hybridized carbons (Fsp3) is 0.667. The van der Waals surface area contributed by atoms with Crippen LogP contribution in [0, 0.1) is 5.21 Å². The molecule has 0 spiro atoms. The Morgan fingerprint density at radius 2 is 2.12 bits per heavy atom. The Morgan fingerprint density at radius 1 is 1.50 bits per heavy atom. The molecule has 0 aromatic heterocycles. The second-order valence-electron chi connectivity index (χ2n) is 2.22. The average molecular weight is 112 g/mol. The number of hydroxylamine groups is 2. The topological polar surface area (TPSA) is 26.3 Å². The summed E-state index contributed by atoms with van der Waals surface area (Å²) in [6.07, 6.45) is 0.954. The first kappa shape index (κ1) is 5.63. The summed E-state index contributed by atoms with van der Waals surface area (Å²) in [6, 6.07) is 0. The van der Waals surface area contributed by atoms with Crippen LogP contribution < -0.4 is 0 Å². The molecule has 0 saturated heterocycles. The van der Waals surface area contributed by atoms with E-state index in [9.17, 15) is 5.21 Å². The number of nitrogens with zero attached hydrogens (tertiary/aromatic N) is 1. The summed E-state index contributed by atoms with van der Waals surface area (Å²) in [5, 5.41) is 11.7. The molecule has 1 rings (SSSR count). The van der Waals surface area contributed by atoms with Crippen molar-refractivity contribution in [3.8, 4) is 0 Å². The van der Waals surface area contributed by atoms with Crippen molar-refractivity contribution in [1.82, 2.24) is 5.06 Å². The molecule has 0 bridgehead atoms. The monoisotopic (exact) mass is 112 g/mol. The van der Waals surface area contributed by atoms with Crippen molar-refractivity contribution in [3.05, 3.63) is 16.5 Å². The van der Waals surface area contributed by atoms with E-state index in [0.29, 0.717) is 6.54 Å². The molecule has 2 heteroatoms. The van der Waals surface area contributed by atoms with Crippen LogP contribution in [0.25, 0.3) is 0 Å². The maximum absolute atomic E-state index is 10.6. The number of hydrogen-bond donors (Lipinski definition) is 0. The van der Waals surface area contributed by atoms with Crippen molar-refractivity contribution in [2.45, 2.75) is 20.3 Å². The van der Waals surface area contributed by atoms with Gasteiger partial charge in [0.25, 0.3) is 0 Å². The minimum atomic E-state index is 0.664. The van der Waals surface area contributed by atoms with Crippen LogP contribution in [0.2, 0.25) is 0 Å². The SMILES string of the molecule is CC1=C(C)N([O-])CC1. The molecule has 0 unspecified atom stereocenters. The molecule has 0 aliphatic carbocycles. The highest BCUT2D eigenvalue weighted by Crippen LogP contribution is 2.19. The third-order valence-electron chi connectivity index (χ3n) is 1.68. The predicted octanol–water partition coefficient (Wildman–Crippen LogP) is 1.48. The van der Waals surface area contributed by atoms with Crippen LogP contribution in [-0.2, 0) is 0 Å². The van der Waals surface area contributed by atoms with Gasteiger partial charge in [-0.05, 0) is 26.0 Å². The van der Waals surface area contributed by atoms with E-state index in [4.69, 9.17) is 0 Å². The van der Waals surface area contributed by atoms with Crippen molar-refractivity contribution < 1.29 is 0 Å². The van der Waals surface area contributed by atoms with Crippen LogP contribution in [0.3, 0.4) is 0 Å². The van der Waals surface area contributed by atoms with Gasteiger partial charge in [-0.1, -0.05) is 5.57 Å². The first-order valence-electron chi connectivity index (χ1n) is 2.83. The van der Waals surface area contributed by atoms with Crippen LogP contribution in [-0.4, -0.2) is 11.6 Å². The normalized spacial score (nSPS) is 20.6. The smallest absolute Gasteiger partial charge is 0.00922 e. The second kappa shape index (κ2) is 1.78. The Bertz CT molecular complexity index is 128. The summed E-state index contributed by atoms with van der Waals surface area (Å²) < 4.78 is 0. The molecule has 1 heterocycles. The summed E-state index contributed by atoms with van der Waals surface area (Å²) in [5.41, 5.74) is 2.14. The quantitative estimate of drug-likeness (QED) is 0.474. The highest BCUT2D eigenvalue weighted by atomic mass is 16.5. The molecule has 0 aromatic rings. The zero-order valence-corrected chi connectivity index (χ0v) is 5.27. The Morgan fingerprint density at radius 3 is 2.25 bits per heavy atom. The molecule has 1 aliphatic rings. The maximum atomic E-state index is 10.6. The maximum Gasteiger partial charge on any atom is 0.00922 e. The lowest BCUT2D eigenvalue weighted by Crippen LogP contribution is -2.07.